The lowest BCUT2D eigenvalue weighted by Gasteiger charge is -2.07. The third-order valence-corrected chi connectivity index (χ3v) is 2.47. The molecule has 94 valence electrons. The maximum atomic E-state index is 11.5. The summed E-state index contributed by atoms with van der Waals surface area (Å²) >= 11 is 0. The molecule has 0 fully saturated rings. The minimum atomic E-state index is -0.106. The Morgan fingerprint density at radius 3 is 2.56 bits per heavy atom. The molecule has 0 saturated heterocycles. The SMILES string of the molecule is O=C(COc1ccccc1)NCCn1cccc1. The number of hydrogen-bond donors (Lipinski definition) is 1. The molecule has 2 rings (SSSR count). The van der Waals surface area contributed by atoms with Gasteiger partial charge in [0.25, 0.3) is 5.91 Å². The van der Waals surface area contributed by atoms with Crippen LogP contribution in [0.4, 0.5) is 0 Å². The Morgan fingerprint density at radius 2 is 1.83 bits per heavy atom. The van der Waals surface area contributed by atoms with E-state index < -0.39 is 0 Å². The van der Waals surface area contributed by atoms with Gasteiger partial charge in [-0.05, 0) is 24.3 Å². The number of carbonyl (C=O) groups is 1. The molecule has 1 aromatic heterocycles. The molecular formula is C14H16N2O2. The Bertz CT molecular complexity index is 466. The van der Waals surface area contributed by atoms with E-state index in [2.05, 4.69) is 5.32 Å². The van der Waals surface area contributed by atoms with Gasteiger partial charge in [-0.3, -0.25) is 4.79 Å². The van der Waals surface area contributed by atoms with Gasteiger partial charge in [0.05, 0.1) is 0 Å². The third-order valence-electron chi connectivity index (χ3n) is 2.47. The first-order valence-corrected chi connectivity index (χ1v) is 5.90. The first-order chi connectivity index (χ1) is 8.84. The smallest absolute Gasteiger partial charge is 0.258 e. The fourth-order valence-corrected chi connectivity index (χ4v) is 1.56. The lowest BCUT2D eigenvalue weighted by Crippen LogP contribution is -2.31. The highest BCUT2D eigenvalue weighted by atomic mass is 16.5. The number of amides is 1. The molecule has 4 nitrogen and oxygen atoms in total. The van der Waals surface area contributed by atoms with Gasteiger partial charge in [0.2, 0.25) is 0 Å². The highest BCUT2D eigenvalue weighted by Crippen LogP contribution is 2.07. The average Bonchev–Trinajstić information content (AvgIpc) is 2.91. The predicted octanol–water partition coefficient (Wildman–Crippen LogP) is 1.68. The number of benzene rings is 1. The zero-order valence-corrected chi connectivity index (χ0v) is 10.1. The summed E-state index contributed by atoms with van der Waals surface area (Å²) in [6.45, 7) is 1.42. The van der Waals surface area contributed by atoms with Crippen molar-refractivity contribution in [1.82, 2.24) is 9.88 Å². The Balaban J connectivity index is 1.63. The average molecular weight is 244 g/mol. The molecule has 1 heterocycles. The van der Waals surface area contributed by atoms with Crippen molar-refractivity contribution in [1.29, 1.82) is 0 Å². The highest BCUT2D eigenvalue weighted by Gasteiger charge is 2.01. The molecular weight excluding hydrogens is 228 g/mol. The lowest BCUT2D eigenvalue weighted by molar-refractivity contribution is -0.123. The van der Waals surface area contributed by atoms with Gasteiger partial charge in [0.1, 0.15) is 5.75 Å². The maximum absolute atomic E-state index is 11.5. The molecule has 0 bridgehead atoms. The molecule has 0 unspecified atom stereocenters. The van der Waals surface area contributed by atoms with E-state index in [1.807, 2.05) is 59.4 Å². The van der Waals surface area contributed by atoms with Gasteiger partial charge in [0.15, 0.2) is 6.61 Å². The predicted molar refractivity (Wildman–Crippen MR) is 69.4 cm³/mol. The lowest BCUT2D eigenvalue weighted by atomic mass is 10.3. The van der Waals surface area contributed by atoms with Gasteiger partial charge in [-0.15, -0.1) is 0 Å². The number of para-hydroxylation sites is 1. The second-order valence-electron chi connectivity index (χ2n) is 3.87. The summed E-state index contributed by atoms with van der Waals surface area (Å²) in [7, 11) is 0. The van der Waals surface area contributed by atoms with Gasteiger partial charge in [-0.25, -0.2) is 0 Å². The van der Waals surface area contributed by atoms with Crippen molar-refractivity contribution in [2.24, 2.45) is 0 Å². The van der Waals surface area contributed by atoms with Crippen molar-refractivity contribution in [2.45, 2.75) is 6.54 Å². The van der Waals surface area contributed by atoms with Crippen LogP contribution in [0.3, 0.4) is 0 Å². The molecule has 1 N–H and O–H groups in total. The van der Waals surface area contributed by atoms with Crippen LogP contribution in [0.5, 0.6) is 5.75 Å². The number of nitrogens with one attached hydrogen (secondary N) is 1. The number of nitrogens with zero attached hydrogens (tertiary/aromatic N) is 1. The molecule has 2 aromatic rings. The van der Waals surface area contributed by atoms with E-state index in [0.717, 1.165) is 6.54 Å². The van der Waals surface area contributed by atoms with Crippen LogP contribution in [0.1, 0.15) is 0 Å². The van der Waals surface area contributed by atoms with Gasteiger partial charge < -0.3 is 14.6 Å². The molecule has 0 spiro atoms. The number of aromatic nitrogens is 1. The van der Waals surface area contributed by atoms with Crippen molar-refractivity contribution in [2.75, 3.05) is 13.2 Å². The van der Waals surface area contributed by atoms with Crippen LogP contribution < -0.4 is 10.1 Å². The molecule has 1 amide bonds. The zero-order valence-electron chi connectivity index (χ0n) is 10.1. The zero-order chi connectivity index (χ0) is 12.6. The number of hydrogen-bond acceptors (Lipinski definition) is 2. The molecule has 0 aliphatic carbocycles. The summed E-state index contributed by atoms with van der Waals surface area (Å²) in [4.78, 5) is 11.5. The fourth-order valence-electron chi connectivity index (χ4n) is 1.56. The van der Waals surface area contributed by atoms with Crippen molar-refractivity contribution in [3.63, 3.8) is 0 Å². The summed E-state index contributed by atoms with van der Waals surface area (Å²) < 4.78 is 7.35. The summed E-state index contributed by atoms with van der Waals surface area (Å²) in [6, 6.07) is 13.2. The molecule has 18 heavy (non-hydrogen) atoms. The number of rotatable bonds is 6. The molecule has 0 aliphatic heterocycles. The quantitative estimate of drug-likeness (QED) is 0.840. The summed E-state index contributed by atoms with van der Waals surface area (Å²) in [5.74, 6) is 0.601. The van der Waals surface area contributed by atoms with Gasteiger partial charge in [-0.1, -0.05) is 18.2 Å². The van der Waals surface area contributed by atoms with Crippen molar-refractivity contribution in [3.8, 4) is 5.75 Å². The van der Waals surface area contributed by atoms with Crippen LogP contribution in [0.2, 0.25) is 0 Å². The van der Waals surface area contributed by atoms with Crippen LogP contribution >= 0.6 is 0 Å². The Kier molecular flexibility index (Phi) is 4.41. The molecule has 0 aliphatic rings. The van der Waals surface area contributed by atoms with E-state index in [4.69, 9.17) is 4.74 Å². The van der Waals surface area contributed by atoms with Crippen LogP contribution in [0, 0.1) is 0 Å². The number of carbonyl (C=O) groups excluding carboxylic acids is 1. The van der Waals surface area contributed by atoms with Crippen molar-refractivity contribution < 1.29 is 9.53 Å². The number of ether oxygens (including phenoxy) is 1. The summed E-state index contributed by atoms with van der Waals surface area (Å²) in [5, 5.41) is 2.81. The Morgan fingerprint density at radius 1 is 1.11 bits per heavy atom. The first kappa shape index (κ1) is 12.2. The largest absolute Gasteiger partial charge is 0.484 e. The van der Waals surface area contributed by atoms with Crippen molar-refractivity contribution in [3.05, 3.63) is 54.9 Å². The molecule has 0 atom stereocenters. The summed E-state index contributed by atoms with van der Waals surface area (Å²) in [5.41, 5.74) is 0. The van der Waals surface area contributed by atoms with E-state index in [0.29, 0.717) is 12.3 Å². The van der Waals surface area contributed by atoms with Gasteiger partial charge >= 0.3 is 0 Å². The standard InChI is InChI=1S/C14H16N2O2/c17-14(12-18-13-6-2-1-3-7-13)15-8-11-16-9-4-5-10-16/h1-7,9-10H,8,11-12H2,(H,15,17). The van der Waals surface area contributed by atoms with Gasteiger partial charge in [0, 0.05) is 25.5 Å². The normalized spacial score (nSPS) is 10.0. The molecule has 1 aromatic carbocycles. The van der Waals surface area contributed by atoms with Crippen LogP contribution in [-0.4, -0.2) is 23.6 Å². The van der Waals surface area contributed by atoms with Gasteiger partial charge in [-0.2, -0.15) is 0 Å². The molecule has 0 saturated carbocycles. The Hall–Kier alpha value is -2.23. The fraction of sp³-hybridized carbons (Fsp3) is 0.214. The van der Waals surface area contributed by atoms with E-state index in [-0.39, 0.29) is 12.5 Å². The Labute approximate surface area is 106 Å². The van der Waals surface area contributed by atoms with E-state index in [9.17, 15) is 4.79 Å². The van der Waals surface area contributed by atoms with Crippen LogP contribution in [0.15, 0.2) is 54.9 Å². The van der Waals surface area contributed by atoms with E-state index in [1.165, 1.54) is 0 Å². The highest BCUT2D eigenvalue weighted by molar-refractivity contribution is 5.77. The summed E-state index contributed by atoms with van der Waals surface area (Å²) in [6.07, 6.45) is 3.93. The second kappa shape index (κ2) is 6.49. The third kappa shape index (κ3) is 3.97. The monoisotopic (exact) mass is 244 g/mol. The van der Waals surface area contributed by atoms with E-state index in [1.54, 1.807) is 0 Å². The minimum absolute atomic E-state index is 0.0513. The topological polar surface area (TPSA) is 43.3 Å². The van der Waals surface area contributed by atoms with Crippen LogP contribution in [0.25, 0.3) is 0 Å². The first-order valence-electron chi connectivity index (χ1n) is 5.90. The molecule has 4 heteroatoms. The molecule has 0 radical (unpaired) electrons. The minimum Gasteiger partial charge on any atom is -0.484 e. The second-order valence-corrected chi connectivity index (χ2v) is 3.87. The maximum Gasteiger partial charge on any atom is 0.258 e. The van der Waals surface area contributed by atoms with Crippen LogP contribution in [-0.2, 0) is 11.3 Å². The van der Waals surface area contributed by atoms with E-state index >= 15 is 0 Å². The van der Waals surface area contributed by atoms with Crippen molar-refractivity contribution >= 4 is 5.91 Å².